The molecule has 29 heavy (non-hydrogen) atoms. The monoisotopic (exact) mass is 405 g/mol. The van der Waals surface area contributed by atoms with E-state index in [1.54, 1.807) is 22.1 Å². The van der Waals surface area contributed by atoms with Gasteiger partial charge < -0.3 is 10.1 Å². The lowest BCUT2D eigenvalue weighted by molar-refractivity contribution is 0.0858. The summed E-state index contributed by atoms with van der Waals surface area (Å²) in [6.07, 6.45) is 3.66. The average Bonchev–Trinajstić information content (AvgIpc) is 3.53. The van der Waals surface area contributed by atoms with Crippen LogP contribution >= 0.6 is 11.3 Å². The molecule has 1 saturated heterocycles. The van der Waals surface area contributed by atoms with Crippen LogP contribution in [0.5, 0.6) is 0 Å². The van der Waals surface area contributed by atoms with Crippen molar-refractivity contribution in [2.45, 2.75) is 18.9 Å². The van der Waals surface area contributed by atoms with E-state index in [1.165, 1.54) is 11.0 Å². The summed E-state index contributed by atoms with van der Waals surface area (Å²) in [4.78, 5) is 12.9. The highest BCUT2D eigenvalue weighted by atomic mass is 32.1. The third-order valence-electron chi connectivity index (χ3n) is 5.10. The molecule has 4 aromatic rings. The fourth-order valence-electron chi connectivity index (χ4n) is 3.62. The van der Waals surface area contributed by atoms with E-state index in [0.29, 0.717) is 12.1 Å². The van der Waals surface area contributed by atoms with E-state index in [0.717, 1.165) is 41.6 Å². The summed E-state index contributed by atoms with van der Waals surface area (Å²) in [5.41, 5.74) is 3.36. The second-order valence-corrected chi connectivity index (χ2v) is 7.92. The highest BCUT2D eigenvalue weighted by Gasteiger charge is 2.18. The lowest BCUT2D eigenvalue weighted by Gasteiger charge is -2.13. The lowest BCUT2D eigenvalue weighted by Crippen LogP contribution is -2.31. The third kappa shape index (κ3) is 3.64. The number of aromatic nitrogens is 4. The number of thiophene rings is 1. The van der Waals surface area contributed by atoms with Crippen molar-refractivity contribution in [1.82, 2.24) is 25.5 Å². The van der Waals surface area contributed by atoms with Gasteiger partial charge in [-0.15, -0.1) is 16.4 Å². The number of hydrogen-bond donors (Lipinski definition) is 1. The van der Waals surface area contributed by atoms with Gasteiger partial charge in [-0.2, -0.15) is 0 Å². The number of benzene rings is 2. The van der Waals surface area contributed by atoms with Crippen molar-refractivity contribution >= 4 is 27.3 Å². The van der Waals surface area contributed by atoms with Crippen LogP contribution in [-0.4, -0.2) is 45.4 Å². The Morgan fingerprint density at radius 1 is 1.28 bits per heavy atom. The zero-order valence-corrected chi connectivity index (χ0v) is 16.4. The van der Waals surface area contributed by atoms with Gasteiger partial charge >= 0.3 is 0 Å². The van der Waals surface area contributed by atoms with Crippen LogP contribution < -0.4 is 5.32 Å². The molecule has 1 N–H and O–H groups in total. The number of hydrogen-bond acceptors (Lipinski definition) is 6. The van der Waals surface area contributed by atoms with Crippen LogP contribution in [0.1, 0.15) is 23.2 Å². The smallest absolute Gasteiger partial charge is 0.251 e. The second kappa shape index (κ2) is 7.73. The fraction of sp³-hybridized carbons (Fsp3) is 0.238. The molecular weight excluding hydrogens is 386 g/mol. The largest absolute Gasteiger partial charge is 0.376 e. The number of nitrogens with zero attached hydrogens (tertiary/aromatic N) is 4. The van der Waals surface area contributed by atoms with Crippen LogP contribution in [0.25, 0.3) is 26.9 Å². The van der Waals surface area contributed by atoms with Gasteiger partial charge in [0.25, 0.3) is 5.91 Å². The molecular formula is C21H19N5O2S. The molecule has 0 bridgehead atoms. The van der Waals surface area contributed by atoms with Crippen LogP contribution in [0.2, 0.25) is 0 Å². The first-order valence-electron chi connectivity index (χ1n) is 9.53. The normalized spacial score (nSPS) is 16.3. The summed E-state index contributed by atoms with van der Waals surface area (Å²) >= 11 is 1.69. The molecule has 2 aromatic heterocycles. The Labute approximate surface area is 171 Å². The van der Waals surface area contributed by atoms with Crippen molar-refractivity contribution in [2.24, 2.45) is 0 Å². The number of nitrogens with one attached hydrogen (secondary N) is 1. The van der Waals surface area contributed by atoms with Crippen molar-refractivity contribution in [3.8, 4) is 16.8 Å². The highest BCUT2D eigenvalue weighted by molar-refractivity contribution is 7.17. The van der Waals surface area contributed by atoms with Crippen LogP contribution in [0.4, 0.5) is 0 Å². The minimum Gasteiger partial charge on any atom is -0.376 e. The molecule has 1 atom stereocenters. The zero-order chi connectivity index (χ0) is 19.6. The zero-order valence-electron chi connectivity index (χ0n) is 15.6. The first-order chi connectivity index (χ1) is 14.3. The topological polar surface area (TPSA) is 81.9 Å². The maximum Gasteiger partial charge on any atom is 0.251 e. The van der Waals surface area contributed by atoms with Gasteiger partial charge in [-0.1, -0.05) is 18.2 Å². The maximum absolute atomic E-state index is 12.9. The molecule has 3 heterocycles. The molecule has 5 rings (SSSR count). The third-order valence-corrected chi connectivity index (χ3v) is 6.06. The average molecular weight is 405 g/mol. The number of rotatable bonds is 5. The minimum atomic E-state index is -0.129. The van der Waals surface area contributed by atoms with Gasteiger partial charge in [0.15, 0.2) is 0 Å². The standard InChI is InChI=1S/C21H19N5O2S/c27-21(22-11-17-4-3-7-28-17)15-8-14(9-16(10-15)26-13-23-24-25-26)19-12-29-20-6-2-1-5-18(19)20/h1-2,5-6,8-10,12-13,17H,3-4,7,11H2,(H,22,27). The van der Waals surface area contributed by atoms with Gasteiger partial charge in [0.05, 0.1) is 11.8 Å². The second-order valence-electron chi connectivity index (χ2n) is 7.01. The van der Waals surface area contributed by atoms with E-state index in [1.807, 2.05) is 24.3 Å². The first-order valence-corrected chi connectivity index (χ1v) is 10.4. The molecule has 2 aromatic carbocycles. The van der Waals surface area contributed by atoms with Crippen LogP contribution in [-0.2, 0) is 4.74 Å². The van der Waals surface area contributed by atoms with E-state index in [2.05, 4.69) is 38.4 Å². The Balaban J connectivity index is 1.53. The Morgan fingerprint density at radius 2 is 2.21 bits per heavy atom. The number of ether oxygens (including phenoxy) is 1. The van der Waals surface area contributed by atoms with Crippen LogP contribution in [0.15, 0.2) is 54.2 Å². The van der Waals surface area contributed by atoms with Crippen LogP contribution in [0, 0.1) is 0 Å². The first kappa shape index (κ1) is 18.0. The van der Waals surface area contributed by atoms with Gasteiger partial charge in [0.1, 0.15) is 6.33 Å². The molecule has 1 aliphatic rings. The number of carbonyl (C=O) groups excluding carboxylic acids is 1. The Morgan fingerprint density at radius 3 is 3.03 bits per heavy atom. The Bertz CT molecular complexity index is 1150. The predicted molar refractivity (Wildman–Crippen MR) is 111 cm³/mol. The fourth-order valence-corrected chi connectivity index (χ4v) is 4.59. The Kier molecular flexibility index (Phi) is 4.79. The molecule has 1 fully saturated rings. The maximum atomic E-state index is 12.9. The molecule has 0 aliphatic carbocycles. The van der Waals surface area contributed by atoms with Crippen molar-refractivity contribution < 1.29 is 9.53 Å². The lowest BCUT2D eigenvalue weighted by atomic mass is 10.0. The van der Waals surface area contributed by atoms with E-state index >= 15 is 0 Å². The molecule has 8 heteroatoms. The van der Waals surface area contributed by atoms with Gasteiger partial charge in [-0.3, -0.25) is 4.79 Å². The number of tetrazole rings is 1. The summed E-state index contributed by atoms with van der Waals surface area (Å²) in [7, 11) is 0. The molecule has 146 valence electrons. The SMILES string of the molecule is O=C(NCC1CCCO1)c1cc(-c2csc3ccccc23)cc(-n2cnnn2)c1. The quantitative estimate of drug-likeness (QED) is 0.550. The summed E-state index contributed by atoms with van der Waals surface area (Å²) in [5, 5.41) is 17.7. The Hall–Kier alpha value is -3.10. The summed E-state index contributed by atoms with van der Waals surface area (Å²) in [6, 6.07) is 14.0. The summed E-state index contributed by atoms with van der Waals surface area (Å²) < 4.78 is 8.38. The molecule has 1 unspecified atom stereocenters. The predicted octanol–water partition coefficient (Wildman–Crippen LogP) is 3.45. The van der Waals surface area contributed by atoms with E-state index in [-0.39, 0.29) is 12.0 Å². The van der Waals surface area contributed by atoms with E-state index < -0.39 is 0 Å². The number of fused-ring (bicyclic) bond motifs is 1. The minimum absolute atomic E-state index is 0.0990. The molecule has 1 aliphatic heterocycles. The van der Waals surface area contributed by atoms with Gasteiger partial charge in [0, 0.05) is 34.4 Å². The molecule has 0 radical (unpaired) electrons. The summed E-state index contributed by atoms with van der Waals surface area (Å²) in [6.45, 7) is 1.29. The van der Waals surface area contributed by atoms with E-state index in [9.17, 15) is 4.79 Å². The van der Waals surface area contributed by atoms with E-state index in [4.69, 9.17) is 4.74 Å². The van der Waals surface area contributed by atoms with Crippen molar-refractivity contribution in [3.05, 3.63) is 59.7 Å². The molecule has 1 amide bonds. The highest BCUT2D eigenvalue weighted by Crippen LogP contribution is 2.35. The van der Waals surface area contributed by atoms with Crippen molar-refractivity contribution in [2.75, 3.05) is 13.2 Å². The van der Waals surface area contributed by atoms with Gasteiger partial charge in [-0.25, -0.2) is 4.68 Å². The molecule has 7 nitrogen and oxygen atoms in total. The van der Waals surface area contributed by atoms with Crippen LogP contribution in [0.3, 0.4) is 0 Å². The molecule has 0 spiro atoms. The van der Waals surface area contributed by atoms with Gasteiger partial charge in [0.2, 0.25) is 0 Å². The summed E-state index contributed by atoms with van der Waals surface area (Å²) in [5.74, 6) is -0.129. The molecule has 0 saturated carbocycles. The number of carbonyl (C=O) groups is 1. The number of amides is 1. The van der Waals surface area contributed by atoms with Crippen molar-refractivity contribution in [3.63, 3.8) is 0 Å². The van der Waals surface area contributed by atoms with Gasteiger partial charge in [-0.05, 0) is 58.5 Å². The van der Waals surface area contributed by atoms with Crippen molar-refractivity contribution in [1.29, 1.82) is 0 Å².